The van der Waals surface area contributed by atoms with Crippen LogP contribution in [0.3, 0.4) is 0 Å². The highest BCUT2D eigenvalue weighted by Gasteiger charge is 2.09. The first-order valence-electron chi connectivity index (χ1n) is 7.20. The van der Waals surface area contributed by atoms with E-state index in [1.165, 1.54) is 4.57 Å². The maximum atomic E-state index is 12.2. The van der Waals surface area contributed by atoms with Crippen LogP contribution in [0.2, 0.25) is 0 Å². The summed E-state index contributed by atoms with van der Waals surface area (Å²) in [7, 11) is 0. The van der Waals surface area contributed by atoms with E-state index in [1.807, 2.05) is 39.0 Å². The Morgan fingerprint density at radius 1 is 1.27 bits per heavy atom. The van der Waals surface area contributed by atoms with Gasteiger partial charge in [0.15, 0.2) is 5.75 Å². The zero-order valence-corrected chi connectivity index (χ0v) is 13.1. The molecular weight excluding hydrogens is 280 g/mol. The Labute approximate surface area is 129 Å². The van der Waals surface area contributed by atoms with Crippen LogP contribution >= 0.6 is 0 Å². The summed E-state index contributed by atoms with van der Waals surface area (Å²) in [6.45, 7) is 6.06. The molecule has 5 nitrogen and oxygen atoms in total. The van der Waals surface area contributed by atoms with Gasteiger partial charge in [-0.25, -0.2) is 0 Å². The van der Waals surface area contributed by atoms with Crippen molar-refractivity contribution < 1.29 is 9.53 Å². The third-order valence-corrected chi connectivity index (χ3v) is 3.27. The molecule has 0 fully saturated rings. The number of aryl methyl sites for hydroxylation is 2. The van der Waals surface area contributed by atoms with Gasteiger partial charge in [0.05, 0.1) is 6.61 Å². The smallest absolute Gasteiger partial charge is 0.293 e. The van der Waals surface area contributed by atoms with E-state index >= 15 is 0 Å². The highest BCUT2D eigenvalue weighted by Crippen LogP contribution is 2.16. The fourth-order valence-corrected chi connectivity index (χ4v) is 2.12. The third kappa shape index (κ3) is 3.75. The van der Waals surface area contributed by atoms with Gasteiger partial charge in [0, 0.05) is 11.9 Å². The van der Waals surface area contributed by atoms with Gasteiger partial charge in [0.2, 0.25) is 5.91 Å². The minimum atomic E-state index is -0.305. The molecule has 0 aliphatic carbocycles. The van der Waals surface area contributed by atoms with Gasteiger partial charge >= 0.3 is 0 Å². The maximum Gasteiger partial charge on any atom is 0.293 e. The lowest BCUT2D eigenvalue weighted by Gasteiger charge is -2.11. The van der Waals surface area contributed by atoms with E-state index in [9.17, 15) is 9.59 Å². The Morgan fingerprint density at radius 2 is 2.05 bits per heavy atom. The van der Waals surface area contributed by atoms with E-state index in [2.05, 4.69) is 5.32 Å². The predicted octanol–water partition coefficient (Wildman–Crippen LogP) is 2.50. The second kappa shape index (κ2) is 6.93. The van der Waals surface area contributed by atoms with Gasteiger partial charge < -0.3 is 14.6 Å². The molecule has 0 aliphatic rings. The van der Waals surface area contributed by atoms with Gasteiger partial charge in [-0.1, -0.05) is 12.1 Å². The molecule has 0 spiro atoms. The van der Waals surface area contributed by atoms with Crippen LogP contribution in [0.4, 0.5) is 5.69 Å². The molecule has 0 unspecified atom stereocenters. The first-order chi connectivity index (χ1) is 10.5. The molecule has 1 aromatic heterocycles. The molecule has 1 heterocycles. The Bertz CT molecular complexity index is 735. The number of aromatic nitrogens is 1. The summed E-state index contributed by atoms with van der Waals surface area (Å²) in [5.41, 5.74) is 2.50. The van der Waals surface area contributed by atoms with Crippen LogP contribution in [0.15, 0.2) is 41.3 Å². The molecule has 0 radical (unpaired) electrons. The van der Waals surface area contributed by atoms with Crippen LogP contribution in [0.1, 0.15) is 18.1 Å². The monoisotopic (exact) mass is 300 g/mol. The Balaban J connectivity index is 2.14. The van der Waals surface area contributed by atoms with E-state index < -0.39 is 0 Å². The molecule has 1 amide bonds. The number of carbonyl (C=O) groups is 1. The highest BCUT2D eigenvalue weighted by atomic mass is 16.5. The van der Waals surface area contributed by atoms with Gasteiger partial charge in [-0.2, -0.15) is 0 Å². The molecule has 22 heavy (non-hydrogen) atoms. The summed E-state index contributed by atoms with van der Waals surface area (Å²) in [4.78, 5) is 24.3. The van der Waals surface area contributed by atoms with Crippen LogP contribution in [0, 0.1) is 13.8 Å². The van der Waals surface area contributed by atoms with Crippen molar-refractivity contribution in [1.29, 1.82) is 0 Å². The first kappa shape index (κ1) is 15.8. The molecule has 2 aromatic rings. The lowest BCUT2D eigenvalue weighted by atomic mass is 10.1. The van der Waals surface area contributed by atoms with Crippen molar-refractivity contribution >= 4 is 11.6 Å². The lowest BCUT2D eigenvalue weighted by molar-refractivity contribution is -0.116. The quantitative estimate of drug-likeness (QED) is 0.923. The van der Waals surface area contributed by atoms with Crippen LogP contribution in [-0.2, 0) is 11.3 Å². The molecule has 0 bridgehead atoms. The number of hydrogen-bond donors (Lipinski definition) is 1. The van der Waals surface area contributed by atoms with Crippen molar-refractivity contribution in [2.24, 2.45) is 0 Å². The number of pyridine rings is 1. The van der Waals surface area contributed by atoms with Crippen LogP contribution in [-0.4, -0.2) is 17.1 Å². The number of carbonyl (C=O) groups excluding carboxylic acids is 1. The van der Waals surface area contributed by atoms with Gasteiger partial charge in [0.25, 0.3) is 5.56 Å². The summed E-state index contributed by atoms with van der Waals surface area (Å²) in [6, 6.07) is 9.14. The molecule has 0 saturated carbocycles. The normalized spacial score (nSPS) is 10.3. The molecule has 1 N–H and O–H groups in total. The summed E-state index contributed by atoms with van der Waals surface area (Å²) in [6.07, 6.45) is 1.58. The van der Waals surface area contributed by atoms with Crippen molar-refractivity contribution in [3.05, 3.63) is 58.0 Å². The summed E-state index contributed by atoms with van der Waals surface area (Å²) < 4.78 is 6.59. The standard InChI is InChI=1S/C17H20N2O3/c1-4-22-15-6-5-9-19(17(15)21)11-16(20)18-14-10-12(2)7-8-13(14)3/h5-10H,4,11H2,1-3H3,(H,18,20). The number of rotatable bonds is 5. The second-order valence-corrected chi connectivity index (χ2v) is 5.11. The van der Waals surface area contributed by atoms with E-state index in [0.717, 1.165) is 16.8 Å². The van der Waals surface area contributed by atoms with Gasteiger partial charge in [-0.15, -0.1) is 0 Å². The number of benzene rings is 1. The van der Waals surface area contributed by atoms with Crippen LogP contribution < -0.4 is 15.6 Å². The number of nitrogens with one attached hydrogen (secondary N) is 1. The number of ether oxygens (including phenoxy) is 1. The highest BCUT2D eigenvalue weighted by molar-refractivity contribution is 5.91. The van der Waals surface area contributed by atoms with E-state index in [1.54, 1.807) is 18.3 Å². The van der Waals surface area contributed by atoms with Crippen molar-refractivity contribution in [3.8, 4) is 5.75 Å². The molecule has 1 aromatic carbocycles. The zero-order chi connectivity index (χ0) is 16.1. The summed E-state index contributed by atoms with van der Waals surface area (Å²) >= 11 is 0. The molecule has 0 saturated heterocycles. The third-order valence-electron chi connectivity index (χ3n) is 3.27. The minimum absolute atomic E-state index is 0.0485. The summed E-state index contributed by atoms with van der Waals surface area (Å²) in [5.74, 6) is 0.00832. The predicted molar refractivity (Wildman–Crippen MR) is 86.4 cm³/mol. The van der Waals surface area contributed by atoms with Gasteiger partial charge in [-0.3, -0.25) is 9.59 Å². The van der Waals surface area contributed by atoms with Gasteiger partial charge in [0.1, 0.15) is 6.54 Å². The van der Waals surface area contributed by atoms with E-state index in [-0.39, 0.29) is 23.8 Å². The molecule has 116 valence electrons. The van der Waals surface area contributed by atoms with Crippen molar-refractivity contribution in [2.75, 3.05) is 11.9 Å². The average Bonchev–Trinajstić information content (AvgIpc) is 2.47. The molecular formula is C17H20N2O3. The molecule has 5 heteroatoms. The maximum absolute atomic E-state index is 12.2. The number of nitrogens with zero attached hydrogens (tertiary/aromatic N) is 1. The number of amides is 1. The minimum Gasteiger partial charge on any atom is -0.488 e. The first-order valence-corrected chi connectivity index (χ1v) is 7.20. The van der Waals surface area contributed by atoms with Gasteiger partial charge in [-0.05, 0) is 50.1 Å². The number of hydrogen-bond acceptors (Lipinski definition) is 3. The largest absolute Gasteiger partial charge is 0.488 e. The Kier molecular flexibility index (Phi) is 4.99. The topological polar surface area (TPSA) is 60.3 Å². The van der Waals surface area contributed by atoms with E-state index in [0.29, 0.717) is 6.61 Å². The van der Waals surface area contributed by atoms with E-state index in [4.69, 9.17) is 4.74 Å². The molecule has 0 atom stereocenters. The summed E-state index contributed by atoms with van der Waals surface area (Å²) in [5, 5.41) is 2.84. The zero-order valence-electron chi connectivity index (χ0n) is 13.1. The molecule has 2 rings (SSSR count). The average molecular weight is 300 g/mol. The fourth-order valence-electron chi connectivity index (χ4n) is 2.12. The molecule has 0 aliphatic heterocycles. The van der Waals surface area contributed by atoms with Crippen molar-refractivity contribution in [1.82, 2.24) is 4.57 Å². The van der Waals surface area contributed by atoms with Crippen molar-refractivity contribution in [2.45, 2.75) is 27.3 Å². The SMILES string of the molecule is CCOc1cccn(CC(=O)Nc2cc(C)ccc2C)c1=O. The second-order valence-electron chi connectivity index (χ2n) is 5.11. The Morgan fingerprint density at radius 3 is 2.77 bits per heavy atom. The number of anilines is 1. The van der Waals surface area contributed by atoms with Crippen molar-refractivity contribution in [3.63, 3.8) is 0 Å². The van der Waals surface area contributed by atoms with Crippen LogP contribution in [0.5, 0.6) is 5.75 Å². The lowest BCUT2D eigenvalue weighted by Crippen LogP contribution is -2.28. The van der Waals surface area contributed by atoms with Crippen LogP contribution in [0.25, 0.3) is 0 Å². The Hall–Kier alpha value is -2.56. The fraction of sp³-hybridized carbons (Fsp3) is 0.294.